The van der Waals surface area contributed by atoms with Crippen LogP contribution >= 0.6 is 0 Å². The molecule has 2 heterocycles. The topological polar surface area (TPSA) is 70.2 Å². The van der Waals surface area contributed by atoms with E-state index in [1.165, 1.54) is 6.08 Å². The molecular formula is C24H21N3O3. The highest BCUT2D eigenvalue weighted by molar-refractivity contribution is 5.87. The lowest BCUT2D eigenvalue weighted by molar-refractivity contribution is -0.139. The number of aryl methyl sites for hydroxylation is 1. The highest BCUT2D eigenvalue weighted by atomic mass is 16.5. The summed E-state index contributed by atoms with van der Waals surface area (Å²) in [5.74, 6) is 0.511. The van der Waals surface area contributed by atoms with Crippen molar-refractivity contribution in [3.63, 3.8) is 0 Å². The van der Waals surface area contributed by atoms with Gasteiger partial charge in [0.2, 0.25) is 5.89 Å². The maximum Gasteiger partial charge on any atom is 0.331 e. The first-order valence-electron chi connectivity index (χ1n) is 9.58. The van der Waals surface area contributed by atoms with Gasteiger partial charge in [0.1, 0.15) is 0 Å². The number of esters is 1. The van der Waals surface area contributed by atoms with Crippen molar-refractivity contribution in [2.75, 3.05) is 0 Å². The van der Waals surface area contributed by atoms with Crippen LogP contribution in [0.1, 0.15) is 22.8 Å². The molecule has 2 aromatic heterocycles. The Morgan fingerprint density at radius 3 is 2.50 bits per heavy atom. The normalized spacial score (nSPS) is 11.1. The Kier molecular flexibility index (Phi) is 5.57. The Labute approximate surface area is 174 Å². The van der Waals surface area contributed by atoms with Gasteiger partial charge in [-0.25, -0.2) is 14.5 Å². The van der Waals surface area contributed by atoms with E-state index >= 15 is 0 Å². The second-order valence-corrected chi connectivity index (χ2v) is 6.76. The zero-order chi connectivity index (χ0) is 20.9. The molecule has 0 amide bonds. The number of hydrogen-bond donors (Lipinski definition) is 0. The standard InChI is InChI=1S/C24H21N3O3/c1-17-21(18(2)27(26-17)20-11-7-4-8-12-20)13-14-24(28)29-16-23-25-15-22(30-23)19-9-5-3-6-10-19/h3-15H,16H2,1-2H3/b14-13+. The van der Waals surface area contributed by atoms with Gasteiger partial charge in [-0.15, -0.1) is 0 Å². The van der Waals surface area contributed by atoms with Crippen LogP contribution in [0.15, 0.2) is 77.4 Å². The van der Waals surface area contributed by atoms with Crippen LogP contribution < -0.4 is 0 Å². The van der Waals surface area contributed by atoms with Crippen LogP contribution in [0.2, 0.25) is 0 Å². The van der Waals surface area contributed by atoms with E-state index in [0.29, 0.717) is 11.7 Å². The number of carbonyl (C=O) groups excluding carboxylic acids is 1. The summed E-state index contributed by atoms with van der Waals surface area (Å²) in [6.07, 6.45) is 4.75. The molecule has 0 N–H and O–H groups in total. The number of ether oxygens (including phenoxy) is 1. The molecule has 0 atom stereocenters. The van der Waals surface area contributed by atoms with Gasteiger partial charge in [-0.1, -0.05) is 48.5 Å². The van der Waals surface area contributed by atoms with Crippen LogP contribution in [0, 0.1) is 13.8 Å². The Bertz CT molecular complexity index is 1180. The van der Waals surface area contributed by atoms with Crippen LogP contribution in [0.5, 0.6) is 0 Å². The molecule has 0 saturated heterocycles. The molecule has 0 spiro atoms. The van der Waals surface area contributed by atoms with E-state index in [9.17, 15) is 4.79 Å². The molecular weight excluding hydrogens is 378 g/mol. The van der Waals surface area contributed by atoms with Crippen LogP contribution in [0.25, 0.3) is 23.1 Å². The fourth-order valence-electron chi connectivity index (χ4n) is 3.16. The summed E-state index contributed by atoms with van der Waals surface area (Å²) in [5.41, 5.74) is 4.56. The van der Waals surface area contributed by atoms with Crippen molar-refractivity contribution in [1.82, 2.24) is 14.8 Å². The number of carbonyl (C=O) groups is 1. The molecule has 4 rings (SSSR count). The predicted octanol–water partition coefficient (Wildman–Crippen LogP) is 4.90. The first kappa shape index (κ1) is 19.4. The molecule has 6 heteroatoms. The first-order chi connectivity index (χ1) is 14.6. The summed E-state index contributed by atoms with van der Waals surface area (Å²) in [5, 5.41) is 4.57. The smallest absolute Gasteiger partial charge is 0.331 e. The van der Waals surface area contributed by atoms with Crippen molar-refractivity contribution < 1.29 is 13.9 Å². The van der Waals surface area contributed by atoms with Crippen LogP contribution in [-0.2, 0) is 16.1 Å². The molecule has 4 aromatic rings. The summed E-state index contributed by atoms with van der Waals surface area (Å²) in [6.45, 7) is 3.85. The van der Waals surface area contributed by atoms with E-state index in [1.54, 1.807) is 12.3 Å². The van der Waals surface area contributed by atoms with Crippen molar-refractivity contribution in [2.24, 2.45) is 0 Å². The lowest BCUT2D eigenvalue weighted by Crippen LogP contribution is -2.01. The number of aromatic nitrogens is 3. The summed E-state index contributed by atoms with van der Waals surface area (Å²) in [7, 11) is 0. The van der Waals surface area contributed by atoms with Crippen molar-refractivity contribution >= 4 is 12.0 Å². The van der Waals surface area contributed by atoms with E-state index in [2.05, 4.69) is 10.1 Å². The SMILES string of the molecule is Cc1nn(-c2ccccc2)c(C)c1/C=C/C(=O)OCc1ncc(-c2ccccc2)o1. The molecule has 0 aliphatic carbocycles. The van der Waals surface area contributed by atoms with Gasteiger partial charge in [0.15, 0.2) is 12.4 Å². The average Bonchev–Trinajstić information content (AvgIpc) is 3.37. The summed E-state index contributed by atoms with van der Waals surface area (Å²) >= 11 is 0. The summed E-state index contributed by atoms with van der Waals surface area (Å²) in [4.78, 5) is 16.3. The first-order valence-corrected chi connectivity index (χ1v) is 9.58. The Hall–Kier alpha value is -3.93. The monoisotopic (exact) mass is 399 g/mol. The molecule has 0 aliphatic rings. The molecule has 0 unspecified atom stereocenters. The van der Waals surface area contributed by atoms with Gasteiger partial charge < -0.3 is 9.15 Å². The number of nitrogens with zero attached hydrogens (tertiary/aromatic N) is 3. The van der Waals surface area contributed by atoms with Crippen molar-refractivity contribution in [3.05, 3.63) is 95.8 Å². The zero-order valence-electron chi connectivity index (χ0n) is 16.8. The third-order valence-electron chi connectivity index (χ3n) is 4.68. The molecule has 0 bridgehead atoms. The zero-order valence-corrected chi connectivity index (χ0v) is 16.8. The Morgan fingerprint density at radius 1 is 1.07 bits per heavy atom. The van der Waals surface area contributed by atoms with Gasteiger partial charge in [0.25, 0.3) is 0 Å². The van der Waals surface area contributed by atoms with Gasteiger partial charge in [-0.3, -0.25) is 0 Å². The van der Waals surface area contributed by atoms with Crippen molar-refractivity contribution in [3.8, 4) is 17.0 Å². The van der Waals surface area contributed by atoms with Gasteiger partial charge in [0.05, 0.1) is 17.6 Å². The van der Waals surface area contributed by atoms with E-state index in [1.807, 2.05) is 79.2 Å². The molecule has 150 valence electrons. The maximum atomic E-state index is 12.2. The Morgan fingerprint density at radius 2 is 1.77 bits per heavy atom. The maximum absolute atomic E-state index is 12.2. The number of para-hydroxylation sites is 1. The highest BCUT2D eigenvalue weighted by Gasteiger charge is 2.12. The summed E-state index contributed by atoms with van der Waals surface area (Å²) in [6, 6.07) is 19.5. The van der Waals surface area contributed by atoms with Crippen molar-refractivity contribution in [2.45, 2.75) is 20.5 Å². The number of benzene rings is 2. The van der Waals surface area contributed by atoms with E-state index < -0.39 is 5.97 Å². The number of hydrogen-bond acceptors (Lipinski definition) is 5. The number of rotatable bonds is 6. The molecule has 0 fully saturated rings. The van der Waals surface area contributed by atoms with Crippen LogP contribution in [-0.4, -0.2) is 20.7 Å². The van der Waals surface area contributed by atoms with Gasteiger partial charge in [0, 0.05) is 22.9 Å². The lowest BCUT2D eigenvalue weighted by Gasteiger charge is -2.03. The van der Waals surface area contributed by atoms with Gasteiger partial charge in [-0.2, -0.15) is 5.10 Å². The molecule has 30 heavy (non-hydrogen) atoms. The van der Waals surface area contributed by atoms with E-state index in [-0.39, 0.29) is 6.61 Å². The van der Waals surface area contributed by atoms with Gasteiger partial charge >= 0.3 is 5.97 Å². The van der Waals surface area contributed by atoms with Crippen LogP contribution in [0.3, 0.4) is 0 Å². The average molecular weight is 399 g/mol. The highest BCUT2D eigenvalue weighted by Crippen LogP contribution is 2.21. The Balaban J connectivity index is 1.40. The number of oxazole rings is 1. The van der Waals surface area contributed by atoms with E-state index in [4.69, 9.17) is 9.15 Å². The molecule has 6 nitrogen and oxygen atoms in total. The summed E-state index contributed by atoms with van der Waals surface area (Å²) < 4.78 is 12.8. The fourth-order valence-corrected chi connectivity index (χ4v) is 3.16. The van der Waals surface area contributed by atoms with Gasteiger partial charge in [-0.05, 0) is 32.1 Å². The molecule has 2 aromatic carbocycles. The van der Waals surface area contributed by atoms with Crippen molar-refractivity contribution in [1.29, 1.82) is 0 Å². The minimum Gasteiger partial charge on any atom is -0.453 e. The second kappa shape index (κ2) is 8.61. The molecule has 0 aliphatic heterocycles. The van der Waals surface area contributed by atoms with E-state index in [0.717, 1.165) is 28.2 Å². The predicted molar refractivity (Wildman–Crippen MR) is 114 cm³/mol. The van der Waals surface area contributed by atoms with Crippen LogP contribution in [0.4, 0.5) is 0 Å². The third-order valence-corrected chi connectivity index (χ3v) is 4.68. The lowest BCUT2D eigenvalue weighted by atomic mass is 10.2. The third kappa shape index (κ3) is 4.22. The largest absolute Gasteiger partial charge is 0.453 e. The quantitative estimate of drug-likeness (QED) is 0.341. The second-order valence-electron chi connectivity index (χ2n) is 6.76. The minimum absolute atomic E-state index is 0.0305. The fraction of sp³-hybridized carbons (Fsp3) is 0.125. The minimum atomic E-state index is -0.472. The molecule has 0 radical (unpaired) electrons. The molecule has 0 saturated carbocycles.